The molecule has 7 nitrogen and oxygen atoms in total. The summed E-state index contributed by atoms with van der Waals surface area (Å²) in [5, 5.41) is 12.6. The van der Waals surface area contributed by atoms with E-state index >= 15 is 0 Å². The van der Waals surface area contributed by atoms with Crippen LogP contribution in [-0.2, 0) is 22.6 Å². The SMILES string of the molecule is COc1cc(/C=C(\C#N)C(=O)NCc2ccco2)ccc1OC(=O)CCc1ccc(Cl)cc1. The Morgan fingerprint density at radius 3 is 2.61 bits per heavy atom. The van der Waals surface area contributed by atoms with Gasteiger partial charge in [-0.25, -0.2) is 0 Å². The van der Waals surface area contributed by atoms with Crippen molar-refractivity contribution < 1.29 is 23.5 Å². The van der Waals surface area contributed by atoms with E-state index in [9.17, 15) is 14.9 Å². The van der Waals surface area contributed by atoms with Gasteiger partial charge in [0.2, 0.25) is 0 Å². The molecular formula is C25H21ClN2O5. The van der Waals surface area contributed by atoms with Crippen molar-refractivity contribution in [2.75, 3.05) is 7.11 Å². The number of ether oxygens (including phenoxy) is 2. The van der Waals surface area contributed by atoms with Crippen LogP contribution in [0.4, 0.5) is 0 Å². The molecule has 0 spiro atoms. The van der Waals surface area contributed by atoms with Gasteiger partial charge in [-0.3, -0.25) is 9.59 Å². The molecule has 3 rings (SSSR count). The van der Waals surface area contributed by atoms with Gasteiger partial charge in [-0.1, -0.05) is 29.8 Å². The lowest BCUT2D eigenvalue weighted by Crippen LogP contribution is -2.23. The number of esters is 1. The standard InChI is InChI=1S/C25H21ClN2O5/c1-31-23-14-18(13-19(15-27)25(30)28-16-21-3-2-12-32-21)6-10-22(23)33-24(29)11-7-17-4-8-20(26)9-5-17/h2-6,8-10,12-14H,7,11,16H2,1H3,(H,28,30)/b19-13+. The second kappa shape index (κ2) is 11.6. The van der Waals surface area contributed by atoms with Gasteiger partial charge in [-0.15, -0.1) is 0 Å². The molecule has 1 heterocycles. The van der Waals surface area contributed by atoms with Gasteiger partial charge < -0.3 is 19.2 Å². The summed E-state index contributed by atoms with van der Waals surface area (Å²) in [5.74, 6) is 0.171. The minimum absolute atomic E-state index is 0.0867. The van der Waals surface area contributed by atoms with Crippen LogP contribution in [0.25, 0.3) is 6.08 Å². The molecule has 0 fully saturated rings. The Bertz CT molecular complexity index is 1180. The van der Waals surface area contributed by atoms with E-state index < -0.39 is 11.9 Å². The molecule has 0 radical (unpaired) electrons. The Kier molecular flexibility index (Phi) is 8.28. The van der Waals surface area contributed by atoms with E-state index in [0.29, 0.717) is 28.5 Å². The van der Waals surface area contributed by atoms with Gasteiger partial charge in [-0.05, 0) is 60.0 Å². The Morgan fingerprint density at radius 1 is 1.15 bits per heavy atom. The number of benzene rings is 2. The average Bonchev–Trinajstić information content (AvgIpc) is 3.35. The van der Waals surface area contributed by atoms with Gasteiger partial charge in [0.25, 0.3) is 5.91 Å². The molecule has 3 aromatic rings. The van der Waals surface area contributed by atoms with Gasteiger partial charge in [0.1, 0.15) is 17.4 Å². The number of rotatable bonds is 9. The van der Waals surface area contributed by atoms with Crippen LogP contribution in [0.15, 0.2) is 70.9 Å². The average molecular weight is 465 g/mol. The fourth-order valence-corrected chi connectivity index (χ4v) is 3.05. The molecule has 2 aromatic carbocycles. The van der Waals surface area contributed by atoms with Crippen molar-refractivity contribution in [3.05, 3.63) is 88.3 Å². The Labute approximate surface area is 196 Å². The normalized spacial score (nSPS) is 10.9. The molecule has 0 unspecified atom stereocenters. The van der Waals surface area contributed by atoms with Crippen LogP contribution in [0, 0.1) is 11.3 Å². The molecule has 1 aromatic heterocycles. The van der Waals surface area contributed by atoms with Crippen LogP contribution in [0.5, 0.6) is 11.5 Å². The molecule has 1 amide bonds. The third-order valence-corrected chi connectivity index (χ3v) is 4.87. The van der Waals surface area contributed by atoms with Crippen molar-refractivity contribution in [2.24, 2.45) is 0 Å². The number of nitrogens with one attached hydrogen (secondary N) is 1. The van der Waals surface area contributed by atoms with Crippen LogP contribution >= 0.6 is 11.6 Å². The van der Waals surface area contributed by atoms with Crippen molar-refractivity contribution >= 4 is 29.6 Å². The summed E-state index contributed by atoms with van der Waals surface area (Å²) in [6.07, 6.45) is 3.62. The lowest BCUT2D eigenvalue weighted by Gasteiger charge is -2.10. The zero-order valence-corrected chi connectivity index (χ0v) is 18.6. The summed E-state index contributed by atoms with van der Waals surface area (Å²) in [7, 11) is 1.44. The van der Waals surface area contributed by atoms with E-state index in [-0.39, 0.29) is 24.3 Å². The fourth-order valence-electron chi connectivity index (χ4n) is 2.92. The zero-order valence-electron chi connectivity index (χ0n) is 17.8. The number of aryl methyl sites for hydroxylation is 1. The molecule has 168 valence electrons. The van der Waals surface area contributed by atoms with Crippen LogP contribution in [0.2, 0.25) is 5.02 Å². The minimum Gasteiger partial charge on any atom is -0.493 e. The highest BCUT2D eigenvalue weighted by molar-refractivity contribution is 6.30. The fraction of sp³-hybridized carbons (Fsp3) is 0.160. The van der Waals surface area contributed by atoms with E-state index in [4.69, 9.17) is 25.5 Å². The first-order valence-corrected chi connectivity index (χ1v) is 10.4. The number of nitriles is 1. The van der Waals surface area contributed by atoms with E-state index in [1.807, 2.05) is 18.2 Å². The summed E-state index contributed by atoms with van der Waals surface area (Å²) in [5.41, 5.74) is 1.42. The molecule has 0 bridgehead atoms. The first kappa shape index (κ1) is 23.6. The lowest BCUT2D eigenvalue weighted by molar-refractivity contribution is -0.134. The number of nitrogens with zero attached hydrogens (tertiary/aromatic N) is 1. The molecule has 33 heavy (non-hydrogen) atoms. The van der Waals surface area contributed by atoms with Crippen molar-refractivity contribution in [1.29, 1.82) is 5.26 Å². The Balaban J connectivity index is 1.63. The number of furan rings is 1. The number of carbonyl (C=O) groups is 2. The van der Waals surface area contributed by atoms with Crippen LogP contribution in [0.1, 0.15) is 23.3 Å². The minimum atomic E-state index is -0.537. The summed E-state index contributed by atoms with van der Waals surface area (Å²) >= 11 is 5.87. The number of hydrogen-bond donors (Lipinski definition) is 1. The smallest absolute Gasteiger partial charge is 0.311 e. The second-order valence-corrected chi connectivity index (χ2v) is 7.38. The molecule has 1 N–H and O–H groups in total. The van der Waals surface area contributed by atoms with E-state index in [1.54, 1.807) is 42.5 Å². The molecule has 0 saturated carbocycles. The highest BCUT2D eigenvalue weighted by Gasteiger charge is 2.13. The number of methoxy groups -OCH3 is 1. The van der Waals surface area contributed by atoms with Crippen LogP contribution in [0.3, 0.4) is 0 Å². The largest absolute Gasteiger partial charge is 0.493 e. The molecular weight excluding hydrogens is 444 g/mol. The number of carbonyl (C=O) groups excluding carboxylic acids is 2. The van der Waals surface area contributed by atoms with Gasteiger partial charge in [0, 0.05) is 11.4 Å². The lowest BCUT2D eigenvalue weighted by atomic mass is 10.1. The molecule has 8 heteroatoms. The third-order valence-electron chi connectivity index (χ3n) is 4.62. The van der Waals surface area contributed by atoms with Crippen molar-refractivity contribution in [3.8, 4) is 17.6 Å². The monoisotopic (exact) mass is 464 g/mol. The Morgan fingerprint density at radius 2 is 1.94 bits per heavy atom. The maximum Gasteiger partial charge on any atom is 0.311 e. The van der Waals surface area contributed by atoms with Crippen molar-refractivity contribution in [1.82, 2.24) is 5.32 Å². The third kappa shape index (κ3) is 6.99. The first-order valence-electron chi connectivity index (χ1n) is 10.0. The van der Waals surface area contributed by atoms with Crippen LogP contribution in [-0.4, -0.2) is 19.0 Å². The van der Waals surface area contributed by atoms with Crippen molar-refractivity contribution in [2.45, 2.75) is 19.4 Å². The number of amides is 1. The molecule has 0 aliphatic carbocycles. The molecule has 0 atom stereocenters. The first-order chi connectivity index (χ1) is 16.0. The van der Waals surface area contributed by atoms with Crippen molar-refractivity contribution in [3.63, 3.8) is 0 Å². The maximum atomic E-state index is 12.3. The van der Waals surface area contributed by atoms with E-state index in [0.717, 1.165) is 5.56 Å². The summed E-state index contributed by atoms with van der Waals surface area (Å²) < 4.78 is 15.9. The van der Waals surface area contributed by atoms with Crippen LogP contribution < -0.4 is 14.8 Å². The highest BCUT2D eigenvalue weighted by atomic mass is 35.5. The molecule has 0 aliphatic rings. The van der Waals surface area contributed by atoms with Gasteiger partial charge >= 0.3 is 5.97 Å². The second-order valence-electron chi connectivity index (χ2n) is 6.94. The highest BCUT2D eigenvalue weighted by Crippen LogP contribution is 2.29. The van der Waals surface area contributed by atoms with E-state index in [2.05, 4.69) is 5.32 Å². The van der Waals surface area contributed by atoms with Gasteiger partial charge in [0.15, 0.2) is 11.5 Å². The number of halogens is 1. The quantitative estimate of drug-likeness (QED) is 0.213. The molecule has 0 saturated heterocycles. The van der Waals surface area contributed by atoms with Gasteiger partial charge in [0.05, 0.1) is 19.9 Å². The van der Waals surface area contributed by atoms with E-state index in [1.165, 1.54) is 19.4 Å². The Hall–Kier alpha value is -4.02. The summed E-state index contributed by atoms with van der Waals surface area (Å²) in [4.78, 5) is 24.6. The maximum absolute atomic E-state index is 12.3. The zero-order chi connectivity index (χ0) is 23.6. The topological polar surface area (TPSA) is 102 Å². The number of hydrogen-bond acceptors (Lipinski definition) is 6. The predicted octanol–water partition coefficient (Wildman–Crippen LogP) is 4.70. The summed E-state index contributed by atoms with van der Waals surface area (Å²) in [6.45, 7) is 0.166. The summed E-state index contributed by atoms with van der Waals surface area (Å²) in [6, 6.07) is 17.3. The molecule has 0 aliphatic heterocycles. The predicted molar refractivity (Wildman–Crippen MR) is 123 cm³/mol. The van der Waals surface area contributed by atoms with Gasteiger partial charge in [-0.2, -0.15) is 5.26 Å².